The van der Waals surface area contributed by atoms with Crippen LogP contribution in [-0.4, -0.2) is 68.9 Å². The number of aliphatic hydroxyl groups excluding tert-OH is 5. The van der Waals surface area contributed by atoms with E-state index in [2.05, 4.69) is 49.1 Å². The van der Waals surface area contributed by atoms with E-state index in [-0.39, 0.29) is 6.54 Å². The Kier molecular flexibility index (Phi) is 9.71. The predicted molar refractivity (Wildman–Crippen MR) is 120 cm³/mol. The van der Waals surface area contributed by atoms with Crippen LogP contribution in [0.25, 0.3) is 0 Å². The maximum absolute atomic E-state index is 10.1. The molecule has 1 aliphatic carbocycles. The molecule has 2 rings (SSSR count). The van der Waals surface area contributed by atoms with Crippen molar-refractivity contribution in [2.75, 3.05) is 25.5 Å². The van der Waals surface area contributed by atoms with Gasteiger partial charge in [-0.3, -0.25) is 4.90 Å². The van der Waals surface area contributed by atoms with E-state index in [1.807, 2.05) is 12.1 Å². The van der Waals surface area contributed by atoms with Crippen molar-refractivity contribution < 1.29 is 25.5 Å². The highest BCUT2D eigenvalue weighted by molar-refractivity contribution is 9.11. The van der Waals surface area contributed by atoms with Gasteiger partial charge < -0.3 is 30.8 Å². The molecule has 1 aromatic rings. The number of nitrogens with one attached hydrogen (secondary N) is 1. The fraction of sp³-hybridized carbons (Fsp3) is 0.600. The molecular formula is C20H30Br2N2O5. The highest BCUT2D eigenvalue weighted by atomic mass is 79.9. The molecule has 0 saturated heterocycles. The summed E-state index contributed by atoms with van der Waals surface area (Å²) in [5.74, 6) is -1.28. The van der Waals surface area contributed by atoms with Gasteiger partial charge in [0.15, 0.2) is 11.5 Å². The summed E-state index contributed by atoms with van der Waals surface area (Å²) in [5.41, 5.74) is 1.79. The summed E-state index contributed by atoms with van der Waals surface area (Å²) >= 11 is 7.06. The summed E-state index contributed by atoms with van der Waals surface area (Å²) < 4.78 is 1.72. The van der Waals surface area contributed by atoms with Gasteiger partial charge >= 0.3 is 0 Å². The van der Waals surface area contributed by atoms with E-state index in [1.54, 1.807) is 0 Å². The van der Waals surface area contributed by atoms with E-state index < -0.39 is 30.3 Å². The van der Waals surface area contributed by atoms with Gasteiger partial charge in [-0.1, -0.05) is 35.2 Å². The lowest BCUT2D eigenvalue weighted by Gasteiger charge is -2.32. The second kappa shape index (κ2) is 11.5. The number of aliphatic hydroxyl groups is 5. The van der Waals surface area contributed by atoms with Gasteiger partial charge in [0.2, 0.25) is 0 Å². The maximum atomic E-state index is 10.1. The molecule has 6 N–H and O–H groups in total. The number of nitrogens with zero attached hydrogens (tertiary/aromatic N) is 1. The minimum Gasteiger partial charge on any atom is -0.507 e. The fourth-order valence-electron chi connectivity index (χ4n) is 3.58. The lowest BCUT2D eigenvalue weighted by Crippen LogP contribution is -2.33. The molecule has 1 fully saturated rings. The summed E-state index contributed by atoms with van der Waals surface area (Å²) in [6, 6.07) is 4.44. The van der Waals surface area contributed by atoms with Crippen molar-refractivity contribution in [1.29, 1.82) is 0 Å². The topological polar surface area (TPSA) is 116 Å². The number of hydrogen-bond acceptors (Lipinski definition) is 7. The highest BCUT2D eigenvalue weighted by Gasteiger charge is 2.24. The molecule has 9 heteroatoms. The second-order valence-corrected chi connectivity index (χ2v) is 9.28. The normalized spacial score (nSPS) is 18.4. The fourth-order valence-corrected chi connectivity index (χ4v) is 5.04. The molecule has 0 bridgehead atoms. The zero-order chi connectivity index (χ0) is 21.6. The molecule has 2 atom stereocenters. The van der Waals surface area contributed by atoms with Crippen molar-refractivity contribution in [3.05, 3.63) is 38.2 Å². The minimum absolute atomic E-state index is 0.151. The second-order valence-electron chi connectivity index (χ2n) is 7.51. The van der Waals surface area contributed by atoms with Crippen LogP contribution in [0.1, 0.15) is 37.7 Å². The average Bonchev–Trinajstić information content (AvgIpc) is 2.71. The van der Waals surface area contributed by atoms with Crippen LogP contribution >= 0.6 is 31.9 Å². The summed E-state index contributed by atoms with van der Waals surface area (Å²) in [6.45, 7) is -0.170. The van der Waals surface area contributed by atoms with Crippen LogP contribution in [0.4, 0.5) is 5.69 Å². The van der Waals surface area contributed by atoms with Gasteiger partial charge in [0.05, 0.1) is 18.8 Å². The van der Waals surface area contributed by atoms with E-state index in [0.717, 1.165) is 20.2 Å². The molecule has 0 aromatic heterocycles. The summed E-state index contributed by atoms with van der Waals surface area (Å²) in [4.78, 5) is 2.34. The number of hydrogen-bond donors (Lipinski definition) is 6. The van der Waals surface area contributed by atoms with E-state index in [1.165, 1.54) is 32.1 Å². The molecular weight excluding hydrogens is 508 g/mol. The van der Waals surface area contributed by atoms with Gasteiger partial charge in [0.1, 0.15) is 12.2 Å². The molecule has 164 valence electrons. The quantitative estimate of drug-likeness (QED) is 0.267. The van der Waals surface area contributed by atoms with Crippen LogP contribution in [0.15, 0.2) is 32.6 Å². The molecule has 1 unspecified atom stereocenters. The molecule has 0 heterocycles. The number of benzene rings is 1. The maximum Gasteiger partial charge on any atom is 0.163 e. The third-order valence-electron chi connectivity index (χ3n) is 5.31. The molecule has 0 aliphatic heterocycles. The smallest absolute Gasteiger partial charge is 0.163 e. The molecule has 0 radical (unpaired) electrons. The van der Waals surface area contributed by atoms with Gasteiger partial charge in [-0.25, -0.2) is 0 Å². The van der Waals surface area contributed by atoms with Crippen LogP contribution in [0.3, 0.4) is 0 Å². The van der Waals surface area contributed by atoms with Gasteiger partial charge in [-0.05, 0) is 53.5 Å². The molecule has 1 aliphatic rings. The highest BCUT2D eigenvalue weighted by Crippen LogP contribution is 2.33. The first-order chi connectivity index (χ1) is 13.7. The summed E-state index contributed by atoms with van der Waals surface area (Å²) in [6.07, 6.45) is 2.85. The molecule has 0 amide bonds. The molecule has 7 nitrogen and oxygen atoms in total. The van der Waals surface area contributed by atoms with E-state index in [0.29, 0.717) is 12.6 Å². The van der Waals surface area contributed by atoms with E-state index in [4.69, 9.17) is 5.11 Å². The van der Waals surface area contributed by atoms with Crippen molar-refractivity contribution in [3.8, 4) is 0 Å². The Morgan fingerprint density at radius 2 is 1.83 bits per heavy atom. The van der Waals surface area contributed by atoms with Crippen molar-refractivity contribution in [3.63, 3.8) is 0 Å². The Morgan fingerprint density at radius 1 is 1.17 bits per heavy atom. The number of anilines is 1. The van der Waals surface area contributed by atoms with Crippen LogP contribution < -0.4 is 5.32 Å². The van der Waals surface area contributed by atoms with E-state index >= 15 is 0 Å². The Balaban J connectivity index is 2.15. The van der Waals surface area contributed by atoms with Crippen LogP contribution in [0.5, 0.6) is 0 Å². The Bertz CT molecular complexity index is 710. The predicted octanol–water partition coefficient (Wildman–Crippen LogP) is 3.43. The number of rotatable bonds is 9. The zero-order valence-electron chi connectivity index (χ0n) is 16.5. The van der Waals surface area contributed by atoms with E-state index in [9.17, 15) is 20.4 Å². The van der Waals surface area contributed by atoms with Crippen LogP contribution in [-0.2, 0) is 6.54 Å². The Morgan fingerprint density at radius 3 is 2.45 bits per heavy atom. The average molecular weight is 538 g/mol. The molecule has 1 saturated carbocycles. The summed E-state index contributed by atoms with van der Waals surface area (Å²) in [5, 5.41) is 51.1. The molecule has 0 spiro atoms. The standard InChI is InChI=1S/C20H30Br2N2O5/c1-24(14-5-3-2-4-6-14)10-12-7-13(21)8-15(22)18(12)23-9-16(26)19(28)20(29)17(27)11-25/h7-8,14,17,20,23,25-29H,2-6,9-11H2,1H3/b19-16+/t17?,20-/m1/s1. The largest absolute Gasteiger partial charge is 0.507 e. The zero-order valence-corrected chi connectivity index (χ0v) is 19.7. The molecule has 29 heavy (non-hydrogen) atoms. The van der Waals surface area contributed by atoms with Gasteiger partial charge in [0, 0.05) is 21.5 Å². The number of halogens is 2. The third kappa shape index (κ3) is 6.83. The summed E-state index contributed by atoms with van der Waals surface area (Å²) in [7, 11) is 2.12. The lowest BCUT2D eigenvalue weighted by atomic mass is 9.94. The third-order valence-corrected chi connectivity index (χ3v) is 6.40. The van der Waals surface area contributed by atoms with Crippen molar-refractivity contribution in [2.45, 2.75) is 56.9 Å². The lowest BCUT2D eigenvalue weighted by molar-refractivity contribution is -0.0166. The molecule has 1 aromatic carbocycles. The SMILES string of the molecule is CN(Cc1cc(Br)cc(Br)c1NC/C(O)=C(\O)[C@H](O)C(O)CO)C1CCCCC1. The van der Waals surface area contributed by atoms with Crippen molar-refractivity contribution in [2.24, 2.45) is 0 Å². The Hall–Kier alpha value is -0.840. The first kappa shape index (κ1) is 24.4. The monoisotopic (exact) mass is 536 g/mol. The van der Waals surface area contributed by atoms with Crippen LogP contribution in [0.2, 0.25) is 0 Å². The minimum atomic E-state index is -1.76. The van der Waals surface area contributed by atoms with Crippen molar-refractivity contribution >= 4 is 37.5 Å². The van der Waals surface area contributed by atoms with Gasteiger partial charge in [-0.15, -0.1) is 0 Å². The van der Waals surface area contributed by atoms with Crippen LogP contribution in [0, 0.1) is 0 Å². The van der Waals surface area contributed by atoms with Gasteiger partial charge in [0.25, 0.3) is 0 Å². The van der Waals surface area contributed by atoms with Gasteiger partial charge in [-0.2, -0.15) is 0 Å². The first-order valence-corrected chi connectivity index (χ1v) is 11.3. The Labute approximate surface area is 188 Å². The van der Waals surface area contributed by atoms with Crippen molar-refractivity contribution in [1.82, 2.24) is 4.90 Å². The first-order valence-electron chi connectivity index (χ1n) is 9.74.